The number of hydrogen-bond donors (Lipinski definition) is 1. The summed E-state index contributed by atoms with van der Waals surface area (Å²) in [7, 11) is 2.02. The molecule has 0 bridgehead atoms. The van der Waals surface area contributed by atoms with Crippen LogP contribution in [0.25, 0.3) is 0 Å². The molecular formula is C14H23FN2S. The van der Waals surface area contributed by atoms with Gasteiger partial charge >= 0.3 is 0 Å². The molecule has 0 saturated carbocycles. The molecule has 102 valence electrons. The highest BCUT2D eigenvalue weighted by atomic mass is 32.2. The first-order valence-electron chi connectivity index (χ1n) is 6.38. The zero-order chi connectivity index (χ0) is 13.4. The van der Waals surface area contributed by atoms with Gasteiger partial charge in [-0.1, -0.05) is 13.0 Å². The van der Waals surface area contributed by atoms with Crippen LogP contribution in [0.5, 0.6) is 0 Å². The van der Waals surface area contributed by atoms with Crippen LogP contribution in [-0.2, 0) is 6.54 Å². The lowest BCUT2D eigenvalue weighted by Gasteiger charge is -2.22. The molecule has 0 aromatic heterocycles. The largest absolute Gasteiger partial charge is 0.373 e. The molecule has 1 aromatic rings. The quantitative estimate of drug-likeness (QED) is 0.731. The molecule has 0 aliphatic heterocycles. The fourth-order valence-electron chi connectivity index (χ4n) is 1.82. The summed E-state index contributed by atoms with van der Waals surface area (Å²) in [6, 6.07) is 5.31. The molecule has 1 aromatic carbocycles. The van der Waals surface area contributed by atoms with Crippen molar-refractivity contribution < 1.29 is 4.39 Å². The van der Waals surface area contributed by atoms with E-state index in [0.717, 1.165) is 36.5 Å². The number of halogens is 1. The Kier molecular flexibility index (Phi) is 7.13. The third-order valence-electron chi connectivity index (χ3n) is 2.86. The molecular weight excluding hydrogens is 247 g/mol. The number of anilines is 1. The molecule has 0 amide bonds. The maximum Gasteiger partial charge on any atom is 0.129 e. The van der Waals surface area contributed by atoms with E-state index in [2.05, 4.69) is 23.4 Å². The minimum atomic E-state index is -0.118. The van der Waals surface area contributed by atoms with Gasteiger partial charge in [0.15, 0.2) is 0 Å². The van der Waals surface area contributed by atoms with E-state index >= 15 is 0 Å². The second kappa shape index (κ2) is 8.38. The van der Waals surface area contributed by atoms with Crippen LogP contribution in [0.15, 0.2) is 18.2 Å². The van der Waals surface area contributed by atoms with Crippen molar-refractivity contribution in [3.8, 4) is 0 Å². The molecule has 0 fully saturated rings. The average molecular weight is 270 g/mol. The van der Waals surface area contributed by atoms with Gasteiger partial charge in [-0.3, -0.25) is 0 Å². The van der Waals surface area contributed by atoms with Gasteiger partial charge in [-0.05, 0) is 31.4 Å². The van der Waals surface area contributed by atoms with Crippen LogP contribution >= 0.6 is 11.8 Å². The first-order valence-corrected chi connectivity index (χ1v) is 7.78. The topological polar surface area (TPSA) is 15.3 Å². The number of hydrogen-bond acceptors (Lipinski definition) is 3. The zero-order valence-corrected chi connectivity index (χ0v) is 12.3. The Hall–Kier alpha value is -0.740. The van der Waals surface area contributed by atoms with Gasteiger partial charge in [0.2, 0.25) is 0 Å². The number of benzene rings is 1. The van der Waals surface area contributed by atoms with Crippen molar-refractivity contribution in [3.63, 3.8) is 0 Å². The maximum atomic E-state index is 13.9. The summed E-state index contributed by atoms with van der Waals surface area (Å²) in [6.07, 6.45) is 3.15. The van der Waals surface area contributed by atoms with Crippen LogP contribution in [0, 0.1) is 5.82 Å². The van der Waals surface area contributed by atoms with Crippen LogP contribution in [0.1, 0.15) is 18.9 Å². The van der Waals surface area contributed by atoms with E-state index in [1.165, 1.54) is 6.07 Å². The van der Waals surface area contributed by atoms with Gasteiger partial charge in [-0.25, -0.2) is 4.39 Å². The second-order valence-corrected chi connectivity index (χ2v) is 5.31. The maximum absolute atomic E-state index is 13.9. The number of thioether (sulfide) groups is 1. The van der Waals surface area contributed by atoms with Crippen molar-refractivity contribution in [2.45, 2.75) is 19.9 Å². The van der Waals surface area contributed by atoms with Gasteiger partial charge in [-0.15, -0.1) is 0 Å². The van der Waals surface area contributed by atoms with Gasteiger partial charge < -0.3 is 10.2 Å². The summed E-state index contributed by atoms with van der Waals surface area (Å²) < 4.78 is 13.9. The molecule has 0 radical (unpaired) electrons. The predicted molar refractivity (Wildman–Crippen MR) is 80.0 cm³/mol. The molecule has 1 N–H and O–H groups in total. The van der Waals surface area contributed by atoms with Crippen molar-refractivity contribution in [2.75, 3.05) is 37.0 Å². The summed E-state index contributed by atoms with van der Waals surface area (Å²) in [5.74, 6) is 0.932. The molecule has 1 rings (SSSR count). The van der Waals surface area contributed by atoms with Gasteiger partial charge in [-0.2, -0.15) is 11.8 Å². The Balaban J connectivity index is 2.78. The number of rotatable bonds is 8. The molecule has 0 spiro atoms. The van der Waals surface area contributed by atoms with Crippen molar-refractivity contribution in [1.82, 2.24) is 5.32 Å². The molecule has 0 aliphatic carbocycles. The molecule has 18 heavy (non-hydrogen) atoms. The number of nitrogens with zero attached hydrogens (tertiary/aromatic N) is 1. The summed E-state index contributed by atoms with van der Waals surface area (Å²) in [4.78, 5) is 2.13. The Morgan fingerprint density at radius 1 is 1.39 bits per heavy atom. The fraction of sp³-hybridized carbons (Fsp3) is 0.571. The molecule has 0 saturated heterocycles. The standard InChI is InChI=1S/C14H23FN2S/c1-4-8-16-11-12-13(15)6-5-7-14(12)17(2)9-10-18-3/h5-7,16H,4,8-11H2,1-3H3. The summed E-state index contributed by atoms with van der Waals surface area (Å²) >= 11 is 1.81. The predicted octanol–water partition coefficient (Wildman–Crippen LogP) is 3.12. The highest BCUT2D eigenvalue weighted by Crippen LogP contribution is 2.22. The molecule has 0 unspecified atom stereocenters. The summed E-state index contributed by atoms with van der Waals surface area (Å²) in [6.45, 7) is 4.56. The monoisotopic (exact) mass is 270 g/mol. The highest BCUT2D eigenvalue weighted by molar-refractivity contribution is 7.98. The van der Waals surface area contributed by atoms with E-state index in [0.29, 0.717) is 6.54 Å². The lowest BCUT2D eigenvalue weighted by atomic mass is 10.1. The third kappa shape index (κ3) is 4.50. The zero-order valence-electron chi connectivity index (χ0n) is 11.5. The smallest absolute Gasteiger partial charge is 0.129 e. The van der Waals surface area contributed by atoms with E-state index in [1.54, 1.807) is 17.8 Å². The van der Waals surface area contributed by atoms with Crippen molar-refractivity contribution in [2.24, 2.45) is 0 Å². The SMILES string of the molecule is CCCNCc1c(F)cccc1N(C)CCSC. The molecule has 0 atom stereocenters. The highest BCUT2D eigenvalue weighted by Gasteiger charge is 2.11. The van der Waals surface area contributed by atoms with Crippen LogP contribution in [0.2, 0.25) is 0 Å². The molecule has 0 heterocycles. The lowest BCUT2D eigenvalue weighted by Crippen LogP contribution is -2.24. The van der Waals surface area contributed by atoms with E-state index in [1.807, 2.05) is 13.1 Å². The number of nitrogens with one attached hydrogen (secondary N) is 1. The lowest BCUT2D eigenvalue weighted by molar-refractivity contribution is 0.585. The Morgan fingerprint density at radius 3 is 2.83 bits per heavy atom. The van der Waals surface area contributed by atoms with Crippen LogP contribution < -0.4 is 10.2 Å². The van der Waals surface area contributed by atoms with Crippen LogP contribution in [0.3, 0.4) is 0 Å². The van der Waals surface area contributed by atoms with Crippen molar-refractivity contribution >= 4 is 17.4 Å². The van der Waals surface area contributed by atoms with Crippen molar-refractivity contribution in [3.05, 3.63) is 29.6 Å². The van der Waals surface area contributed by atoms with E-state index < -0.39 is 0 Å². The van der Waals surface area contributed by atoms with Gasteiger partial charge in [0.05, 0.1) is 0 Å². The Labute approximate surface area is 114 Å². The fourth-order valence-corrected chi connectivity index (χ4v) is 2.28. The van der Waals surface area contributed by atoms with E-state index in [4.69, 9.17) is 0 Å². The minimum Gasteiger partial charge on any atom is -0.373 e. The molecule has 4 heteroatoms. The van der Waals surface area contributed by atoms with Crippen LogP contribution in [0.4, 0.5) is 10.1 Å². The summed E-state index contributed by atoms with van der Waals surface area (Å²) in [5, 5.41) is 3.27. The Morgan fingerprint density at radius 2 is 2.17 bits per heavy atom. The van der Waals surface area contributed by atoms with Gasteiger partial charge in [0.1, 0.15) is 5.82 Å². The van der Waals surface area contributed by atoms with Crippen LogP contribution in [-0.4, -0.2) is 32.1 Å². The first kappa shape index (κ1) is 15.3. The van der Waals surface area contributed by atoms with E-state index in [-0.39, 0.29) is 5.82 Å². The average Bonchev–Trinajstić information content (AvgIpc) is 2.38. The molecule has 2 nitrogen and oxygen atoms in total. The normalized spacial score (nSPS) is 10.7. The molecule has 0 aliphatic rings. The van der Waals surface area contributed by atoms with E-state index in [9.17, 15) is 4.39 Å². The Bertz CT molecular complexity index is 358. The van der Waals surface area contributed by atoms with Crippen molar-refractivity contribution in [1.29, 1.82) is 0 Å². The van der Waals surface area contributed by atoms with Gasteiger partial charge in [0.25, 0.3) is 0 Å². The van der Waals surface area contributed by atoms with Gasteiger partial charge in [0, 0.05) is 37.1 Å². The first-order chi connectivity index (χ1) is 8.70. The second-order valence-electron chi connectivity index (χ2n) is 4.33. The minimum absolute atomic E-state index is 0.118. The third-order valence-corrected chi connectivity index (χ3v) is 3.46. The summed E-state index contributed by atoms with van der Waals surface area (Å²) in [5.41, 5.74) is 1.77.